The van der Waals surface area contributed by atoms with E-state index < -0.39 is 0 Å². The molecule has 1 aromatic carbocycles. The van der Waals surface area contributed by atoms with E-state index >= 15 is 0 Å². The molecule has 0 radical (unpaired) electrons. The predicted octanol–water partition coefficient (Wildman–Crippen LogP) is 2.00. The first-order chi connectivity index (χ1) is 7.28. The van der Waals surface area contributed by atoms with Gasteiger partial charge in [-0.3, -0.25) is 11.3 Å². The molecule has 3 heteroatoms. The summed E-state index contributed by atoms with van der Waals surface area (Å²) in [4.78, 5) is 0. The molecule has 1 unspecified atom stereocenters. The highest BCUT2D eigenvalue weighted by Gasteiger charge is 2.24. The minimum Gasteiger partial charge on any atom is -0.271 e. The molecule has 0 aromatic heterocycles. The van der Waals surface area contributed by atoms with Crippen LogP contribution in [0.15, 0.2) is 24.3 Å². The summed E-state index contributed by atoms with van der Waals surface area (Å²) in [6, 6.07) is 6.97. The fourth-order valence-electron chi connectivity index (χ4n) is 1.87. The van der Waals surface area contributed by atoms with Crippen LogP contribution in [-0.4, -0.2) is 6.04 Å². The summed E-state index contributed by atoms with van der Waals surface area (Å²) < 4.78 is 12.7. The first-order valence-corrected chi connectivity index (χ1v) is 5.48. The maximum atomic E-state index is 12.7. The molecule has 0 aliphatic heterocycles. The Morgan fingerprint density at radius 1 is 1.33 bits per heavy atom. The van der Waals surface area contributed by atoms with Crippen molar-refractivity contribution in [1.29, 1.82) is 0 Å². The summed E-state index contributed by atoms with van der Waals surface area (Å²) in [6.45, 7) is 0. The Hall–Kier alpha value is -0.930. The van der Waals surface area contributed by atoms with E-state index in [9.17, 15) is 4.39 Å². The van der Waals surface area contributed by atoms with Gasteiger partial charge in [0.2, 0.25) is 0 Å². The highest BCUT2D eigenvalue weighted by Crippen LogP contribution is 2.33. The summed E-state index contributed by atoms with van der Waals surface area (Å²) in [7, 11) is 0. The van der Waals surface area contributed by atoms with Gasteiger partial charge in [0.15, 0.2) is 0 Å². The van der Waals surface area contributed by atoms with E-state index in [1.807, 2.05) is 12.1 Å². The second kappa shape index (κ2) is 4.73. The first-order valence-electron chi connectivity index (χ1n) is 5.48. The second-order valence-electron chi connectivity index (χ2n) is 4.37. The maximum Gasteiger partial charge on any atom is 0.123 e. The molecule has 2 rings (SSSR count). The topological polar surface area (TPSA) is 38.0 Å². The lowest BCUT2D eigenvalue weighted by Gasteiger charge is -2.15. The van der Waals surface area contributed by atoms with Crippen LogP contribution in [0.4, 0.5) is 4.39 Å². The highest BCUT2D eigenvalue weighted by atomic mass is 19.1. The van der Waals surface area contributed by atoms with E-state index in [2.05, 4.69) is 5.43 Å². The van der Waals surface area contributed by atoms with Gasteiger partial charge < -0.3 is 0 Å². The van der Waals surface area contributed by atoms with Crippen LogP contribution in [0.3, 0.4) is 0 Å². The Morgan fingerprint density at radius 3 is 2.53 bits per heavy atom. The first kappa shape index (κ1) is 10.6. The molecule has 1 aromatic rings. The lowest BCUT2D eigenvalue weighted by Crippen LogP contribution is -2.37. The van der Waals surface area contributed by atoms with Crippen molar-refractivity contribution < 1.29 is 4.39 Å². The van der Waals surface area contributed by atoms with Gasteiger partial charge in [-0.05, 0) is 36.5 Å². The van der Waals surface area contributed by atoms with Crippen LogP contribution in [0, 0.1) is 11.7 Å². The minimum atomic E-state index is -0.182. The van der Waals surface area contributed by atoms with Gasteiger partial charge in [-0.1, -0.05) is 25.0 Å². The normalized spacial score (nSPS) is 17.7. The molecule has 3 N–H and O–H groups in total. The van der Waals surface area contributed by atoms with Crippen molar-refractivity contribution in [2.45, 2.75) is 31.7 Å². The van der Waals surface area contributed by atoms with E-state index in [0.29, 0.717) is 6.04 Å². The molecule has 1 saturated carbocycles. The van der Waals surface area contributed by atoms with Gasteiger partial charge in [-0.15, -0.1) is 0 Å². The lowest BCUT2D eigenvalue weighted by atomic mass is 10.0. The van der Waals surface area contributed by atoms with Crippen molar-refractivity contribution in [3.63, 3.8) is 0 Å². The second-order valence-corrected chi connectivity index (χ2v) is 4.37. The molecule has 0 bridgehead atoms. The van der Waals surface area contributed by atoms with Gasteiger partial charge in [0, 0.05) is 6.04 Å². The quantitative estimate of drug-likeness (QED) is 0.573. The molecular weight excluding hydrogens is 191 g/mol. The zero-order chi connectivity index (χ0) is 10.7. The SMILES string of the molecule is NNC(Cc1ccc(F)cc1)CC1CC1. The molecule has 0 heterocycles. The fourth-order valence-corrected chi connectivity index (χ4v) is 1.87. The number of nitrogens with two attached hydrogens (primary N) is 1. The van der Waals surface area contributed by atoms with Crippen molar-refractivity contribution in [2.24, 2.45) is 11.8 Å². The van der Waals surface area contributed by atoms with E-state index in [4.69, 9.17) is 5.84 Å². The third-order valence-electron chi connectivity index (χ3n) is 2.95. The van der Waals surface area contributed by atoms with E-state index in [1.165, 1.54) is 25.0 Å². The van der Waals surface area contributed by atoms with Crippen LogP contribution < -0.4 is 11.3 Å². The van der Waals surface area contributed by atoms with Crippen LogP contribution >= 0.6 is 0 Å². The standard InChI is InChI=1S/C12H17FN2/c13-11-5-3-10(4-6-11)8-12(15-14)7-9-1-2-9/h3-6,9,12,15H,1-2,7-8,14H2. The molecular formula is C12H17FN2. The zero-order valence-electron chi connectivity index (χ0n) is 8.75. The predicted molar refractivity (Wildman–Crippen MR) is 58.6 cm³/mol. The smallest absolute Gasteiger partial charge is 0.123 e. The van der Waals surface area contributed by atoms with Crippen molar-refractivity contribution >= 4 is 0 Å². The van der Waals surface area contributed by atoms with Crippen LogP contribution in [0.1, 0.15) is 24.8 Å². The minimum absolute atomic E-state index is 0.182. The van der Waals surface area contributed by atoms with Crippen molar-refractivity contribution in [3.8, 4) is 0 Å². The Balaban J connectivity index is 1.89. The number of hydrogen-bond acceptors (Lipinski definition) is 2. The summed E-state index contributed by atoms with van der Waals surface area (Å²) in [5.74, 6) is 6.17. The summed E-state index contributed by atoms with van der Waals surface area (Å²) in [6.07, 6.45) is 4.68. The van der Waals surface area contributed by atoms with Crippen LogP contribution in [0.5, 0.6) is 0 Å². The summed E-state index contributed by atoms with van der Waals surface area (Å²) >= 11 is 0. The largest absolute Gasteiger partial charge is 0.271 e. The number of hydrogen-bond donors (Lipinski definition) is 2. The third kappa shape index (κ3) is 3.29. The molecule has 1 aliphatic carbocycles. The average Bonchev–Trinajstić information content (AvgIpc) is 3.04. The van der Waals surface area contributed by atoms with E-state index in [-0.39, 0.29) is 5.82 Å². The maximum absolute atomic E-state index is 12.7. The highest BCUT2D eigenvalue weighted by molar-refractivity contribution is 5.17. The van der Waals surface area contributed by atoms with Crippen LogP contribution in [0.25, 0.3) is 0 Å². The number of rotatable bonds is 5. The summed E-state index contributed by atoms with van der Waals surface area (Å²) in [5.41, 5.74) is 3.98. The average molecular weight is 208 g/mol. The Morgan fingerprint density at radius 2 is 2.00 bits per heavy atom. The molecule has 1 atom stereocenters. The van der Waals surface area contributed by atoms with E-state index in [0.717, 1.165) is 24.3 Å². The van der Waals surface area contributed by atoms with Gasteiger partial charge in [-0.2, -0.15) is 0 Å². The monoisotopic (exact) mass is 208 g/mol. The van der Waals surface area contributed by atoms with Crippen molar-refractivity contribution in [2.75, 3.05) is 0 Å². The molecule has 0 amide bonds. The molecule has 82 valence electrons. The molecule has 0 spiro atoms. The van der Waals surface area contributed by atoms with Gasteiger partial charge >= 0.3 is 0 Å². The molecule has 1 aliphatic rings. The Labute approximate surface area is 89.6 Å². The third-order valence-corrected chi connectivity index (χ3v) is 2.95. The molecule has 1 fully saturated rings. The van der Waals surface area contributed by atoms with E-state index in [1.54, 1.807) is 0 Å². The summed E-state index contributed by atoms with van der Waals surface area (Å²) in [5, 5.41) is 0. The molecule has 0 saturated heterocycles. The van der Waals surface area contributed by atoms with Gasteiger partial charge in [-0.25, -0.2) is 4.39 Å². The van der Waals surface area contributed by atoms with Crippen molar-refractivity contribution in [1.82, 2.24) is 5.43 Å². The Kier molecular flexibility index (Phi) is 3.34. The lowest BCUT2D eigenvalue weighted by molar-refractivity contribution is 0.465. The number of hydrazine groups is 1. The van der Waals surface area contributed by atoms with Crippen molar-refractivity contribution in [3.05, 3.63) is 35.6 Å². The van der Waals surface area contributed by atoms with Crippen LogP contribution in [0.2, 0.25) is 0 Å². The van der Waals surface area contributed by atoms with Gasteiger partial charge in [0.1, 0.15) is 5.82 Å². The number of benzene rings is 1. The van der Waals surface area contributed by atoms with Gasteiger partial charge in [0.25, 0.3) is 0 Å². The van der Waals surface area contributed by atoms with Crippen LogP contribution in [-0.2, 0) is 6.42 Å². The Bertz CT molecular complexity index is 306. The number of nitrogens with one attached hydrogen (secondary N) is 1. The molecule has 15 heavy (non-hydrogen) atoms. The van der Waals surface area contributed by atoms with Gasteiger partial charge in [0.05, 0.1) is 0 Å². The fraction of sp³-hybridized carbons (Fsp3) is 0.500. The number of halogens is 1. The zero-order valence-corrected chi connectivity index (χ0v) is 8.75. The molecule has 2 nitrogen and oxygen atoms in total.